The van der Waals surface area contributed by atoms with Gasteiger partial charge in [0.25, 0.3) is 4.87 Å². The van der Waals surface area contributed by atoms with Crippen LogP contribution in [0.3, 0.4) is 0 Å². The first-order chi connectivity index (χ1) is 11.3. The fraction of sp³-hybridized carbons (Fsp3) is 0.375. The third kappa shape index (κ3) is 2.56. The Hall–Kier alpha value is -2.35. The van der Waals surface area contributed by atoms with Gasteiger partial charge < -0.3 is 10.2 Å². The summed E-state index contributed by atoms with van der Waals surface area (Å²) in [5, 5.41) is 14.0. The van der Waals surface area contributed by atoms with Gasteiger partial charge in [0.1, 0.15) is 11.4 Å². The van der Waals surface area contributed by atoms with Crippen LogP contribution in [0.15, 0.2) is 42.5 Å². The van der Waals surface area contributed by atoms with E-state index in [0.29, 0.717) is 5.57 Å². The van der Waals surface area contributed by atoms with Crippen molar-refractivity contribution in [2.24, 2.45) is 0 Å². The van der Waals surface area contributed by atoms with Gasteiger partial charge in [-0.25, -0.2) is 0 Å². The molecular formula is C16H17N3O4S. The zero-order valence-electron chi connectivity index (χ0n) is 13.1. The van der Waals surface area contributed by atoms with Gasteiger partial charge in [0.2, 0.25) is 11.8 Å². The lowest BCUT2D eigenvalue weighted by atomic mass is 9.96. The molecule has 126 valence electrons. The number of β-lactam (4-membered cyclic amide) rings is 1. The Morgan fingerprint density at radius 2 is 2.17 bits per heavy atom. The summed E-state index contributed by atoms with van der Waals surface area (Å²) < 4.78 is 0. The maximum absolute atomic E-state index is 12.1. The summed E-state index contributed by atoms with van der Waals surface area (Å²) in [5.74, 6) is -0.548. The molecule has 3 rings (SSSR count). The summed E-state index contributed by atoms with van der Waals surface area (Å²) >= 11 is 1.09. The van der Waals surface area contributed by atoms with E-state index in [4.69, 9.17) is 0 Å². The van der Waals surface area contributed by atoms with E-state index in [-0.39, 0.29) is 29.7 Å². The van der Waals surface area contributed by atoms with E-state index in [1.807, 2.05) is 30.3 Å². The molecule has 2 aliphatic rings. The zero-order chi connectivity index (χ0) is 17.5. The Kier molecular flexibility index (Phi) is 4.08. The third-order valence-electron chi connectivity index (χ3n) is 4.31. The van der Waals surface area contributed by atoms with Crippen LogP contribution in [0.5, 0.6) is 0 Å². The molecule has 1 N–H and O–H groups in total. The molecule has 0 aromatic heterocycles. The molecule has 2 fully saturated rings. The molecule has 2 unspecified atom stereocenters. The quantitative estimate of drug-likeness (QED) is 0.382. The number of thioether (sulfide) groups is 1. The summed E-state index contributed by atoms with van der Waals surface area (Å²) in [7, 11) is 0. The maximum atomic E-state index is 12.1. The minimum atomic E-state index is -1.40. The van der Waals surface area contributed by atoms with Gasteiger partial charge in [-0.2, -0.15) is 0 Å². The molecule has 0 radical (unpaired) electrons. The fourth-order valence-electron chi connectivity index (χ4n) is 3.06. The summed E-state index contributed by atoms with van der Waals surface area (Å²) in [6.07, 6.45) is 0.190. The fourth-order valence-corrected chi connectivity index (χ4v) is 4.66. The van der Waals surface area contributed by atoms with Crippen LogP contribution in [0.25, 0.3) is 0 Å². The number of rotatable bonds is 4. The molecule has 2 heterocycles. The van der Waals surface area contributed by atoms with Crippen molar-refractivity contribution in [2.75, 3.05) is 6.54 Å². The predicted octanol–water partition coefficient (Wildman–Crippen LogP) is 1.18. The molecule has 2 aliphatic heterocycles. The highest BCUT2D eigenvalue weighted by Gasteiger charge is 2.62. The van der Waals surface area contributed by atoms with E-state index >= 15 is 0 Å². The monoisotopic (exact) mass is 347 g/mol. The average molecular weight is 347 g/mol. The Labute approximate surface area is 143 Å². The van der Waals surface area contributed by atoms with Crippen molar-refractivity contribution in [3.8, 4) is 0 Å². The predicted molar refractivity (Wildman–Crippen MR) is 89.7 cm³/mol. The van der Waals surface area contributed by atoms with Gasteiger partial charge in [-0.1, -0.05) is 36.9 Å². The number of fused-ring (bicyclic) bond motifs is 1. The second-order valence-electron chi connectivity index (χ2n) is 5.96. The lowest BCUT2D eigenvalue weighted by molar-refractivity contribution is -0.528. The van der Waals surface area contributed by atoms with Gasteiger partial charge in [0.15, 0.2) is 0 Å². The van der Waals surface area contributed by atoms with E-state index < -0.39 is 16.3 Å². The van der Waals surface area contributed by atoms with Crippen molar-refractivity contribution >= 4 is 23.6 Å². The van der Waals surface area contributed by atoms with Crippen LogP contribution in [0.1, 0.15) is 12.5 Å². The van der Waals surface area contributed by atoms with Crippen molar-refractivity contribution in [1.82, 2.24) is 10.2 Å². The van der Waals surface area contributed by atoms with Crippen LogP contribution in [-0.4, -0.2) is 44.5 Å². The lowest BCUT2D eigenvalue weighted by Crippen LogP contribution is -2.73. The highest BCUT2D eigenvalue weighted by molar-refractivity contribution is 8.01. The van der Waals surface area contributed by atoms with Gasteiger partial charge in [-0.15, -0.1) is 0 Å². The summed E-state index contributed by atoms with van der Waals surface area (Å²) in [6.45, 7) is 5.35. The van der Waals surface area contributed by atoms with E-state index in [0.717, 1.165) is 17.3 Å². The van der Waals surface area contributed by atoms with Crippen molar-refractivity contribution in [1.29, 1.82) is 0 Å². The molecule has 2 amide bonds. The second kappa shape index (κ2) is 5.94. The van der Waals surface area contributed by atoms with Crippen LogP contribution in [0.2, 0.25) is 0 Å². The highest BCUT2D eigenvalue weighted by Crippen LogP contribution is 2.49. The Morgan fingerprint density at radius 3 is 2.75 bits per heavy atom. The van der Waals surface area contributed by atoms with Crippen molar-refractivity contribution < 1.29 is 14.5 Å². The van der Waals surface area contributed by atoms with Crippen LogP contribution < -0.4 is 5.32 Å². The van der Waals surface area contributed by atoms with E-state index in [1.54, 1.807) is 0 Å². The number of nitrogens with zero attached hydrogens (tertiary/aromatic N) is 2. The smallest absolute Gasteiger partial charge is 0.295 e. The molecule has 1 aromatic carbocycles. The van der Waals surface area contributed by atoms with Gasteiger partial charge in [0, 0.05) is 17.4 Å². The number of hydrogen-bond acceptors (Lipinski definition) is 5. The SMILES string of the molecule is C=C1CN2C(=O)C(NC(C)=O)[C@H]2SC1(Cc1ccccc1)[N+](=O)[O-]. The van der Waals surface area contributed by atoms with E-state index in [9.17, 15) is 19.7 Å². The molecule has 2 saturated heterocycles. The molecule has 7 nitrogen and oxygen atoms in total. The molecule has 1 aromatic rings. The molecule has 0 bridgehead atoms. The van der Waals surface area contributed by atoms with Gasteiger partial charge in [0.05, 0.1) is 13.0 Å². The van der Waals surface area contributed by atoms with Crippen LogP contribution >= 0.6 is 11.8 Å². The third-order valence-corrected chi connectivity index (χ3v) is 6.05. The van der Waals surface area contributed by atoms with Crippen LogP contribution in [0.4, 0.5) is 0 Å². The summed E-state index contributed by atoms with van der Waals surface area (Å²) in [5.41, 5.74) is 1.23. The van der Waals surface area contributed by atoms with Crippen LogP contribution in [0, 0.1) is 10.1 Å². The van der Waals surface area contributed by atoms with Crippen LogP contribution in [-0.2, 0) is 16.0 Å². The lowest BCUT2D eigenvalue weighted by Gasteiger charge is -2.52. The maximum Gasteiger partial charge on any atom is 0.295 e. The molecule has 3 atom stereocenters. The Morgan fingerprint density at radius 1 is 1.50 bits per heavy atom. The van der Waals surface area contributed by atoms with E-state index in [2.05, 4.69) is 11.9 Å². The zero-order valence-corrected chi connectivity index (χ0v) is 13.9. The molecule has 0 aliphatic carbocycles. The first-order valence-corrected chi connectivity index (χ1v) is 8.35. The second-order valence-corrected chi connectivity index (χ2v) is 7.35. The van der Waals surface area contributed by atoms with Crippen molar-refractivity contribution in [3.05, 3.63) is 58.2 Å². The number of amides is 2. The number of nitrogens with one attached hydrogen (secondary N) is 1. The van der Waals surface area contributed by atoms with Crippen molar-refractivity contribution in [2.45, 2.75) is 29.6 Å². The Balaban J connectivity index is 1.89. The molecular weight excluding hydrogens is 330 g/mol. The van der Waals surface area contributed by atoms with Gasteiger partial charge >= 0.3 is 0 Å². The normalized spacial score (nSPS) is 28.8. The number of benzene rings is 1. The number of hydrogen-bond donors (Lipinski definition) is 1. The van der Waals surface area contributed by atoms with Crippen molar-refractivity contribution in [3.63, 3.8) is 0 Å². The van der Waals surface area contributed by atoms with Gasteiger partial charge in [-0.3, -0.25) is 19.7 Å². The largest absolute Gasteiger partial charge is 0.342 e. The molecule has 0 spiro atoms. The first kappa shape index (κ1) is 16.5. The topological polar surface area (TPSA) is 92.6 Å². The number of nitro groups is 1. The highest BCUT2D eigenvalue weighted by atomic mass is 32.2. The average Bonchev–Trinajstić information content (AvgIpc) is 2.55. The summed E-state index contributed by atoms with van der Waals surface area (Å²) in [4.78, 5) is 35.1. The minimum Gasteiger partial charge on any atom is -0.342 e. The van der Waals surface area contributed by atoms with Gasteiger partial charge in [-0.05, 0) is 17.3 Å². The van der Waals surface area contributed by atoms with E-state index in [1.165, 1.54) is 11.8 Å². The number of carbonyl (C=O) groups is 2. The standard InChI is InChI=1S/C16H17N3O4S/c1-10-9-18-14(21)13(17-11(2)20)15(18)24-16(10,19(22)23)8-12-6-4-3-5-7-12/h3-7,13,15H,1,8-9H2,2H3,(H,17,20)/t13?,15-,16?/m1/s1. The summed E-state index contributed by atoms with van der Waals surface area (Å²) in [6, 6.07) is 8.47. The number of carbonyl (C=O) groups excluding carboxylic acids is 2. The minimum absolute atomic E-state index is 0.139. The Bertz CT molecular complexity index is 723. The molecule has 24 heavy (non-hydrogen) atoms. The first-order valence-electron chi connectivity index (χ1n) is 7.47. The molecule has 0 saturated carbocycles. The molecule has 8 heteroatoms.